The predicted octanol–water partition coefficient (Wildman–Crippen LogP) is 1.19. The molecule has 2 rings (SSSR count). The number of carbonyl (C=O) groups is 1. The number of nitrogens with zero attached hydrogens (tertiary/aromatic N) is 2. The van der Waals surface area contributed by atoms with Crippen molar-refractivity contribution in [1.82, 2.24) is 4.98 Å². The van der Waals surface area contributed by atoms with Gasteiger partial charge in [0.05, 0.1) is 12.2 Å². The maximum Gasteiger partial charge on any atom is 0.265 e. The molecule has 0 aliphatic rings. The van der Waals surface area contributed by atoms with E-state index < -0.39 is 15.9 Å². The van der Waals surface area contributed by atoms with Gasteiger partial charge in [0.15, 0.2) is 0 Å². The summed E-state index contributed by atoms with van der Waals surface area (Å²) >= 11 is 0. The first-order valence-electron chi connectivity index (χ1n) is 7.01. The van der Waals surface area contributed by atoms with Gasteiger partial charge in [-0.1, -0.05) is 18.2 Å². The molecule has 0 radical (unpaired) electrons. The van der Waals surface area contributed by atoms with Crippen LogP contribution in [-0.2, 0) is 14.8 Å². The van der Waals surface area contributed by atoms with Crippen molar-refractivity contribution in [2.75, 3.05) is 22.7 Å². The molecule has 0 saturated carbocycles. The molecular formula is C15H18N4O3S. The van der Waals surface area contributed by atoms with Crippen molar-refractivity contribution in [3.63, 3.8) is 0 Å². The van der Waals surface area contributed by atoms with E-state index in [-0.39, 0.29) is 11.4 Å². The van der Waals surface area contributed by atoms with Gasteiger partial charge in [0.1, 0.15) is 10.7 Å². The maximum absolute atomic E-state index is 12.7. The van der Waals surface area contributed by atoms with Crippen LogP contribution in [0.15, 0.2) is 53.6 Å². The van der Waals surface area contributed by atoms with E-state index in [0.29, 0.717) is 18.1 Å². The molecule has 0 fully saturated rings. The number of hydrogen-bond donors (Lipinski definition) is 2. The molecule has 0 saturated heterocycles. The summed E-state index contributed by atoms with van der Waals surface area (Å²) in [4.78, 5) is 14.8. The fourth-order valence-electron chi connectivity index (χ4n) is 2.03. The van der Waals surface area contributed by atoms with Gasteiger partial charge in [0.2, 0.25) is 5.91 Å². The number of nitrogens with two attached hydrogens (primary N) is 1. The number of rotatable bonds is 7. The quantitative estimate of drug-likeness (QED) is 0.791. The van der Waals surface area contributed by atoms with E-state index in [4.69, 9.17) is 5.73 Å². The average molecular weight is 334 g/mol. The van der Waals surface area contributed by atoms with Gasteiger partial charge in [-0.3, -0.25) is 9.10 Å². The minimum absolute atomic E-state index is 0.0653. The van der Waals surface area contributed by atoms with Crippen LogP contribution in [0.2, 0.25) is 0 Å². The molecule has 1 aromatic heterocycles. The molecule has 1 heterocycles. The van der Waals surface area contributed by atoms with Crippen LogP contribution in [0.4, 0.5) is 11.5 Å². The number of pyridine rings is 1. The largest absolute Gasteiger partial charge is 0.368 e. The molecule has 0 bridgehead atoms. The third kappa shape index (κ3) is 3.98. The van der Waals surface area contributed by atoms with Crippen LogP contribution in [0, 0.1) is 0 Å². The molecule has 122 valence electrons. The Morgan fingerprint density at radius 3 is 2.43 bits per heavy atom. The number of hydrogen-bond acceptors (Lipinski definition) is 5. The fourth-order valence-corrected chi connectivity index (χ4v) is 3.45. The van der Waals surface area contributed by atoms with Crippen LogP contribution in [0.5, 0.6) is 0 Å². The van der Waals surface area contributed by atoms with Gasteiger partial charge in [-0.15, -0.1) is 0 Å². The lowest BCUT2D eigenvalue weighted by molar-refractivity contribution is -0.116. The summed E-state index contributed by atoms with van der Waals surface area (Å²) in [5, 5.41) is 2.70. The highest BCUT2D eigenvalue weighted by Gasteiger charge is 2.23. The number of aromatic nitrogens is 1. The van der Waals surface area contributed by atoms with E-state index >= 15 is 0 Å². The number of benzene rings is 1. The number of amides is 1. The van der Waals surface area contributed by atoms with Crippen LogP contribution >= 0.6 is 0 Å². The number of anilines is 2. The van der Waals surface area contributed by atoms with E-state index in [1.807, 2.05) is 6.07 Å². The Bertz CT molecular complexity index is 761. The van der Waals surface area contributed by atoms with E-state index in [1.165, 1.54) is 22.6 Å². The van der Waals surface area contributed by atoms with E-state index in [1.54, 1.807) is 31.2 Å². The molecule has 8 heteroatoms. The van der Waals surface area contributed by atoms with E-state index in [9.17, 15) is 13.2 Å². The molecule has 23 heavy (non-hydrogen) atoms. The molecule has 0 unspecified atom stereocenters. The highest BCUT2D eigenvalue weighted by molar-refractivity contribution is 7.92. The van der Waals surface area contributed by atoms with Crippen molar-refractivity contribution >= 4 is 27.4 Å². The monoisotopic (exact) mass is 334 g/mol. The van der Waals surface area contributed by atoms with Gasteiger partial charge >= 0.3 is 0 Å². The summed E-state index contributed by atoms with van der Waals surface area (Å²) in [6.45, 7) is 2.00. The van der Waals surface area contributed by atoms with E-state index in [2.05, 4.69) is 10.3 Å². The van der Waals surface area contributed by atoms with Crippen molar-refractivity contribution in [2.45, 2.75) is 11.8 Å². The van der Waals surface area contributed by atoms with Crippen molar-refractivity contribution in [3.05, 3.63) is 48.7 Å². The molecule has 1 aromatic carbocycles. The molecular weight excluding hydrogens is 316 g/mol. The zero-order valence-electron chi connectivity index (χ0n) is 12.6. The fraction of sp³-hybridized carbons (Fsp3) is 0.200. The highest BCUT2D eigenvalue weighted by atomic mass is 32.2. The van der Waals surface area contributed by atoms with Crippen LogP contribution in [0.1, 0.15) is 6.92 Å². The predicted molar refractivity (Wildman–Crippen MR) is 88.6 cm³/mol. The SMILES string of the molecule is CCN(c1ccccc1)S(=O)(=O)c1ccc(NCC(N)=O)nc1. The normalized spacial score (nSPS) is 11.0. The summed E-state index contributed by atoms with van der Waals surface area (Å²) in [7, 11) is -3.70. The topological polar surface area (TPSA) is 105 Å². The molecule has 1 amide bonds. The van der Waals surface area contributed by atoms with Crippen LogP contribution in [-0.4, -0.2) is 32.4 Å². The van der Waals surface area contributed by atoms with Crippen LogP contribution < -0.4 is 15.4 Å². The summed E-state index contributed by atoms with van der Waals surface area (Å²) in [6.07, 6.45) is 1.25. The molecule has 0 atom stereocenters. The average Bonchev–Trinajstić information content (AvgIpc) is 2.55. The van der Waals surface area contributed by atoms with Crippen molar-refractivity contribution < 1.29 is 13.2 Å². The van der Waals surface area contributed by atoms with Gasteiger partial charge in [-0.2, -0.15) is 0 Å². The Balaban J connectivity index is 2.26. The van der Waals surface area contributed by atoms with Gasteiger partial charge in [-0.25, -0.2) is 13.4 Å². The minimum Gasteiger partial charge on any atom is -0.368 e. The Labute approximate surface area is 135 Å². The second kappa shape index (κ2) is 7.10. The molecule has 3 N–H and O–H groups in total. The number of carbonyl (C=O) groups excluding carboxylic acids is 1. The smallest absolute Gasteiger partial charge is 0.265 e. The second-order valence-corrected chi connectivity index (χ2v) is 6.57. The van der Waals surface area contributed by atoms with Gasteiger partial charge < -0.3 is 11.1 Å². The summed E-state index contributed by atoms with van der Waals surface area (Å²) in [5.41, 5.74) is 5.62. The van der Waals surface area contributed by atoms with Gasteiger partial charge in [0, 0.05) is 12.7 Å². The number of para-hydroxylation sites is 1. The minimum atomic E-state index is -3.70. The Morgan fingerprint density at radius 2 is 1.91 bits per heavy atom. The molecule has 7 nitrogen and oxygen atoms in total. The highest BCUT2D eigenvalue weighted by Crippen LogP contribution is 2.23. The van der Waals surface area contributed by atoms with E-state index in [0.717, 1.165) is 0 Å². The molecule has 2 aromatic rings. The van der Waals surface area contributed by atoms with Crippen molar-refractivity contribution in [2.24, 2.45) is 5.73 Å². The molecule has 0 spiro atoms. The second-order valence-electron chi connectivity index (χ2n) is 4.70. The Morgan fingerprint density at radius 1 is 1.22 bits per heavy atom. The van der Waals surface area contributed by atoms with Gasteiger partial charge in [-0.05, 0) is 31.2 Å². The summed E-state index contributed by atoms with van der Waals surface area (Å²) in [6, 6.07) is 11.8. The summed E-state index contributed by atoms with van der Waals surface area (Å²) in [5.74, 6) is -0.143. The molecule has 0 aliphatic carbocycles. The van der Waals surface area contributed by atoms with Crippen LogP contribution in [0.25, 0.3) is 0 Å². The maximum atomic E-state index is 12.7. The van der Waals surface area contributed by atoms with Crippen molar-refractivity contribution in [3.8, 4) is 0 Å². The lowest BCUT2D eigenvalue weighted by Gasteiger charge is -2.22. The Kier molecular flexibility index (Phi) is 5.17. The first-order chi connectivity index (χ1) is 10.9. The summed E-state index contributed by atoms with van der Waals surface area (Å²) < 4.78 is 26.8. The zero-order valence-corrected chi connectivity index (χ0v) is 13.5. The third-order valence-corrected chi connectivity index (χ3v) is 4.99. The number of nitrogens with one attached hydrogen (secondary N) is 1. The van der Waals surface area contributed by atoms with Crippen LogP contribution in [0.3, 0.4) is 0 Å². The lowest BCUT2D eigenvalue weighted by atomic mass is 10.3. The zero-order chi connectivity index (χ0) is 16.9. The molecule has 0 aliphatic heterocycles. The first-order valence-corrected chi connectivity index (χ1v) is 8.45. The Hall–Kier alpha value is -2.61. The third-order valence-electron chi connectivity index (χ3n) is 3.10. The van der Waals surface area contributed by atoms with Crippen molar-refractivity contribution in [1.29, 1.82) is 0 Å². The first kappa shape index (κ1) is 16.8. The lowest BCUT2D eigenvalue weighted by Crippen LogP contribution is -2.30. The number of sulfonamides is 1. The van der Waals surface area contributed by atoms with Gasteiger partial charge in [0.25, 0.3) is 10.0 Å². The standard InChI is InChI=1S/C15H18N4O3S/c1-2-19(12-6-4-3-5-7-12)23(21,22)13-8-9-15(17-10-13)18-11-14(16)20/h3-10H,2,11H2,1H3,(H2,16,20)(H,17,18). The number of primary amides is 1.